The molecule has 0 unspecified atom stereocenters. The number of carbonyl (C=O) groups is 1. The third-order valence-electron chi connectivity index (χ3n) is 10.2. The predicted molar refractivity (Wildman–Crippen MR) is 195 cm³/mol. The molecule has 0 bridgehead atoms. The molecule has 2 atom stereocenters. The van der Waals surface area contributed by atoms with E-state index in [2.05, 4.69) is 50.4 Å². The van der Waals surface area contributed by atoms with Crippen LogP contribution < -0.4 is 14.5 Å². The number of hydrogen-bond donors (Lipinski definition) is 0. The molecule has 264 valence electrons. The smallest absolute Gasteiger partial charge is 0.318 e. The molecule has 0 saturated carbocycles. The first kappa shape index (κ1) is 34.6. The predicted octanol–water partition coefficient (Wildman–Crippen LogP) is 6.84. The van der Waals surface area contributed by atoms with Crippen molar-refractivity contribution in [3.8, 4) is 6.01 Å². The number of fused-ring (bicyclic) bond motifs is 2. The Hall–Kier alpha value is -4.79. The molecule has 2 saturated heterocycles. The number of carbonyl (C=O) groups excluding carboxylic acids is 1. The van der Waals surface area contributed by atoms with Crippen LogP contribution in [0.25, 0.3) is 15.6 Å². The largest absolute Gasteiger partial charge is 0.462 e. The lowest BCUT2D eigenvalue weighted by atomic mass is 10.0. The van der Waals surface area contributed by atoms with Gasteiger partial charge in [-0.15, -0.1) is 0 Å². The first-order chi connectivity index (χ1) is 24.8. The number of likely N-dealkylation sites (tertiary alicyclic amines) is 1. The van der Waals surface area contributed by atoms with Crippen molar-refractivity contribution in [2.45, 2.75) is 50.9 Å². The lowest BCUT2D eigenvalue weighted by Gasteiger charge is -2.41. The van der Waals surface area contributed by atoms with E-state index >= 15 is 0 Å². The van der Waals surface area contributed by atoms with Crippen LogP contribution in [0.1, 0.15) is 36.1 Å². The number of halogens is 3. The number of hydrogen-bond acceptors (Lipinski definition) is 7. The number of anilines is 2. The summed E-state index contributed by atoms with van der Waals surface area (Å²) in [5.41, 5.74) is 3.82. The van der Waals surface area contributed by atoms with Gasteiger partial charge in [0.05, 0.1) is 17.3 Å². The van der Waals surface area contributed by atoms with E-state index in [0.29, 0.717) is 50.4 Å². The van der Waals surface area contributed by atoms with Gasteiger partial charge in [0, 0.05) is 55.4 Å². The average molecular weight is 712 g/mol. The van der Waals surface area contributed by atoms with Crippen molar-refractivity contribution in [2.75, 3.05) is 55.7 Å². The van der Waals surface area contributed by atoms with Gasteiger partial charge in [0.2, 0.25) is 6.54 Å². The van der Waals surface area contributed by atoms with Crippen molar-refractivity contribution in [1.29, 1.82) is 0 Å². The Morgan fingerprint density at radius 1 is 1.00 bits per heavy atom. The number of benzene rings is 3. The molecule has 1 aromatic heterocycles. The molecule has 4 aromatic rings. The van der Waals surface area contributed by atoms with E-state index in [4.69, 9.17) is 32.9 Å². The normalized spacial score (nSPS) is 19.5. The summed E-state index contributed by atoms with van der Waals surface area (Å²) in [6.07, 6.45) is 3.85. The molecular weight excluding hydrogens is 672 g/mol. The fourth-order valence-corrected chi connectivity index (χ4v) is 7.92. The van der Waals surface area contributed by atoms with Gasteiger partial charge in [-0.2, -0.15) is 9.97 Å². The molecule has 1 amide bonds. The van der Waals surface area contributed by atoms with E-state index in [-0.39, 0.29) is 30.2 Å². The van der Waals surface area contributed by atoms with Crippen molar-refractivity contribution in [3.63, 3.8) is 0 Å². The molecule has 0 spiro atoms. The van der Waals surface area contributed by atoms with Crippen LogP contribution >= 0.6 is 11.6 Å². The highest BCUT2D eigenvalue weighted by molar-refractivity contribution is 6.36. The van der Waals surface area contributed by atoms with E-state index in [9.17, 15) is 13.6 Å². The summed E-state index contributed by atoms with van der Waals surface area (Å²) in [5, 5.41) is 1.59. The third kappa shape index (κ3) is 7.34. The Kier molecular flexibility index (Phi) is 10.3. The Labute approximate surface area is 301 Å². The molecule has 3 aliphatic rings. The van der Waals surface area contributed by atoms with Crippen LogP contribution in [0.4, 0.5) is 20.3 Å². The second kappa shape index (κ2) is 15.2. The maximum Gasteiger partial charge on any atom is 0.318 e. The fraction of sp³-hybridized carbons (Fsp3) is 0.385. The van der Waals surface area contributed by atoms with E-state index < -0.39 is 23.6 Å². The molecular formula is C39H40ClF2N7O2. The fourth-order valence-electron chi connectivity index (χ4n) is 7.65. The highest BCUT2D eigenvalue weighted by Crippen LogP contribution is 2.38. The summed E-state index contributed by atoms with van der Waals surface area (Å²) in [6.45, 7) is 14.9. The highest BCUT2D eigenvalue weighted by Gasteiger charge is 2.36. The highest BCUT2D eigenvalue weighted by atomic mass is 35.5. The molecule has 3 aliphatic heterocycles. The van der Waals surface area contributed by atoms with Gasteiger partial charge in [-0.1, -0.05) is 73.1 Å². The summed E-state index contributed by atoms with van der Waals surface area (Å²) in [6, 6.07) is 19.3. The van der Waals surface area contributed by atoms with Gasteiger partial charge in [-0.25, -0.2) is 15.4 Å². The number of rotatable bonds is 9. The van der Waals surface area contributed by atoms with Gasteiger partial charge in [0.1, 0.15) is 24.3 Å². The van der Waals surface area contributed by atoms with E-state index in [1.165, 1.54) is 16.5 Å². The summed E-state index contributed by atoms with van der Waals surface area (Å²) < 4.78 is 35.1. The number of amides is 1. The van der Waals surface area contributed by atoms with Crippen LogP contribution in [0.5, 0.6) is 6.01 Å². The molecule has 0 N–H and O–H groups in total. The molecule has 9 nitrogen and oxygen atoms in total. The lowest BCUT2D eigenvalue weighted by Crippen LogP contribution is -2.57. The number of aromatic nitrogens is 2. The van der Waals surface area contributed by atoms with Crippen LogP contribution in [-0.4, -0.2) is 83.6 Å². The Morgan fingerprint density at radius 3 is 2.65 bits per heavy atom. The number of piperazine rings is 1. The topological polar surface area (TPSA) is 69.4 Å². The minimum atomic E-state index is -1.04. The Balaban J connectivity index is 1.20. The first-order valence-corrected chi connectivity index (χ1v) is 17.8. The molecule has 0 radical (unpaired) electrons. The molecule has 0 aliphatic carbocycles. The van der Waals surface area contributed by atoms with Crippen LogP contribution in [0.2, 0.25) is 5.02 Å². The molecule has 7 rings (SSSR count). The zero-order valence-corrected chi connectivity index (χ0v) is 29.2. The maximum atomic E-state index is 14.7. The van der Waals surface area contributed by atoms with Gasteiger partial charge in [0.15, 0.2) is 5.83 Å². The second-order valence-electron chi connectivity index (χ2n) is 13.4. The van der Waals surface area contributed by atoms with Crippen molar-refractivity contribution in [2.24, 2.45) is 0 Å². The molecule has 3 aromatic carbocycles. The average Bonchev–Trinajstić information content (AvgIpc) is 3.15. The second-order valence-corrected chi connectivity index (χ2v) is 13.8. The van der Waals surface area contributed by atoms with Gasteiger partial charge < -0.3 is 24.3 Å². The summed E-state index contributed by atoms with van der Waals surface area (Å²) >= 11 is 6.54. The van der Waals surface area contributed by atoms with Crippen LogP contribution in [0, 0.1) is 12.4 Å². The zero-order chi connectivity index (χ0) is 35.5. The Morgan fingerprint density at radius 2 is 1.84 bits per heavy atom. The minimum Gasteiger partial charge on any atom is -0.462 e. The number of nitrogens with zero attached hydrogens (tertiary/aromatic N) is 7. The van der Waals surface area contributed by atoms with Crippen molar-refractivity contribution in [1.82, 2.24) is 19.8 Å². The summed E-state index contributed by atoms with van der Waals surface area (Å²) in [5.74, 6) is -1.60. The summed E-state index contributed by atoms with van der Waals surface area (Å²) in [7, 11) is 0. The van der Waals surface area contributed by atoms with Crippen LogP contribution in [0.15, 0.2) is 73.1 Å². The molecule has 4 heterocycles. The zero-order valence-electron chi connectivity index (χ0n) is 28.4. The van der Waals surface area contributed by atoms with E-state index in [1.54, 1.807) is 6.07 Å². The first-order valence-electron chi connectivity index (χ1n) is 17.5. The van der Waals surface area contributed by atoms with Crippen LogP contribution in [-0.2, 0) is 24.3 Å². The van der Waals surface area contributed by atoms with Gasteiger partial charge in [-0.3, -0.25) is 9.69 Å². The maximum absolute atomic E-state index is 14.7. The summed E-state index contributed by atoms with van der Waals surface area (Å²) in [4.78, 5) is 34.3. The van der Waals surface area contributed by atoms with Gasteiger partial charge in [-0.05, 0) is 48.9 Å². The third-order valence-corrected chi connectivity index (χ3v) is 10.6. The van der Waals surface area contributed by atoms with Gasteiger partial charge >= 0.3 is 6.01 Å². The SMILES string of the molecule is [C-]#[N+]C[C@H]1CN(c2nc(OC[C@@H]3CCCCN3Cc3ccccc3)nc3c2CCN(c2cccc4ccc(F)c(Cl)c24)C3)CCN1C(=O)C(=C)F. The quantitative estimate of drug-likeness (QED) is 0.139. The monoisotopic (exact) mass is 711 g/mol. The number of piperidine rings is 1. The van der Waals surface area contributed by atoms with Crippen molar-refractivity contribution >= 4 is 39.8 Å². The standard InChI is InChI=1S/C39H40ClF2N7O2/c1-26(41)38(50)49-20-19-48(23-30(49)21-43-2)37-31-16-18-47(34-13-8-11-28-14-15-32(42)36(40)35(28)34)24-33(31)44-39(45-37)51-25-29-12-6-7-17-46(29)22-27-9-4-3-5-10-27/h3-5,8-11,13-15,29-30H,1,6-7,12,16-25H2/t29-,30-/m0/s1. The van der Waals surface area contributed by atoms with Crippen LogP contribution in [0.3, 0.4) is 0 Å². The van der Waals surface area contributed by atoms with E-state index in [0.717, 1.165) is 54.7 Å². The molecule has 2 fully saturated rings. The molecule has 12 heteroatoms. The van der Waals surface area contributed by atoms with E-state index in [1.807, 2.05) is 24.3 Å². The molecule has 51 heavy (non-hydrogen) atoms. The Bertz CT molecular complexity index is 1970. The van der Waals surface area contributed by atoms with Crippen molar-refractivity contribution < 1.29 is 18.3 Å². The number of ether oxygens (including phenoxy) is 1. The minimum absolute atomic E-state index is 0.0251. The van der Waals surface area contributed by atoms with Crippen molar-refractivity contribution in [3.05, 3.63) is 112 Å². The lowest BCUT2D eigenvalue weighted by molar-refractivity contribution is -0.131. The van der Waals surface area contributed by atoms with Gasteiger partial charge in [0.25, 0.3) is 5.91 Å².